The van der Waals surface area contributed by atoms with Crippen LogP contribution in [0, 0.1) is 6.92 Å². The fourth-order valence-corrected chi connectivity index (χ4v) is 2.23. The first-order valence-electron chi connectivity index (χ1n) is 6.93. The number of likely N-dealkylation sites (N-methyl/N-ethyl adjacent to an activating group) is 1. The van der Waals surface area contributed by atoms with E-state index in [1.165, 1.54) is 23.1 Å². The summed E-state index contributed by atoms with van der Waals surface area (Å²) >= 11 is 4.26. The second-order valence-corrected chi connectivity index (χ2v) is 5.92. The maximum Gasteiger partial charge on any atom is 0.00189 e. The Morgan fingerprint density at radius 2 is 1.94 bits per heavy atom. The number of rotatable bonds is 7. The van der Waals surface area contributed by atoms with Crippen molar-refractivity contribution in [1.29, 1.82) is 0 Å². The second kappa shape index (κ2) is 7.85. The van der Waals surface area contributed by atoms with Crippen LogP contribution in [0.5, 0.6) is 0 Å². The average Bonchev–Trinajstić information content (AvgIpc) is 2.35. The number of aryl methyl sites for hydroxylation is 1. The quantitative estimate of drug-likeness (QED) is 0.732. The van der Waals surface area contributed by atoms with Crippen LogP contribution in [-0.2, 0) is 6.42 Å². The molecule has 0 spiro atoms. The highest BCUT2D eigenvalue weighted by molar-refractivity contribution is 7.80. The van der Waals surface area contributed by atoms with Gasteiger partial charge in [0.25, 0.3) is 0 Å². The first-order chi connectivity index (χ1) is 8.54. The van der Waals surface area contributed by atoms with E-state index in [1.807, 2.05) is 0 Å². The van der Waals surface area contributed by atoms with Crippen LogP contribution >= 0.6 is 12.6 Å². The largest absolute Gasteiger partial charge is 0.306 e. The van der Waals surface area contributed by atoms with Crippen molar-refractivity contribution in [2.45, 2.75) is 39.5 Å². The van der Waals surface area contributed by atoms with Crippen molar-refractivity contribution in [3.8, 4) is 0 Å². The smallest absolute Gasteiger partial charge is 0.00189 e. The summed E-state index contributed by atoms with van der Waals surface area (Å²) in [6.45, 7) is 9.01. The summed E-state index contributed by atoms with van der Waals surface area (Å²) in [6, 6.07) is 6.90. The van der Waals surface area contributed by atoms with E-state index >= 15 is 0 Å². The molecule has 0 saturated carbocycles. The molecule has 0 unspecified atom stereocenters. The van der Waals surface area contributed by atoms with Gasteiger partial charge in [0.2, 0.25) is 0 Å². The molecule has 1 nitrogen and oxygen atoms in total. The van der Waals surface area contributed by atoms with Gasteiger partial charge < -0.3 is 4.90 Å². The van der Waals surface area contributed by atoms with Gasteiger partial charge in [-0.1, -0.05) is 32.0 Å². The van der Waals surface area contributed by atoms with Gasteiger partial charge in [-0.2, -0.15) is 12.6 Å². The fraction of sp³-hybridized carbons (Fsp3) is 0.625. The Kier molecular flexibility index (Phi) is 6.80. The molecule has 1 rings (SSSR count). The second-order valence-electron chi connectivity index (χ2n) is 5.47. The van der Waals surface area contributed by atoms with Gasteiger partial charge in [-0.3, -0.25) is 0 Å². The molecule has 0 heterocycles. The topological polar surface area (TPSA) is 3.24 Å². The lowest BCUT2D eigenvalue weighted by Gasteiger charge is -2.17. The third kappa shape index (κ3) is 5.03. The van der Waals surface area contributed by atoms with Gasteiger partial charge in [-0.15, -0.1) is 0 Å². The van der Waals surface area contributed by atoms with Crippen LogP contribution in [0.1, 0.15) is 42.9 Å². The predicted octanol–water partition coefficient (Wildman–Crippen LogP) is 3.91. The predicted molar refractivity (Wildman–Crippen MR) is 84.9 cm³/mol. The van der Waals surface area contributed by atoms with Crippen molar-refractivity contribution in [2.24, 2.45) is 0 Å². The minimum Gasteiger partial charge on any atom is -0.306 e. The van der Waals surface area contributed by atoms with Crippen LogP contribution < -0.4 is 0 Å². The standard InChI is InChI=1S/C16H27NS/c1-13(2)15-7-6-14(3)16(12-15)8-10-17(4)9-5-11-18/h6-7,12-13,18H,5,8-11H2,1-4H3. The SMILES string of the molecule is Cc1ccc(C(C)C)cc1CCN(C)CCCS. The molecule has 0 saturated heterocycles. The molecule has 0 N–H and O–H groups in total. The zero-order chi connectivity index (χ0) is 13.5. The number of hydrogen-bond acceptors (Lipinski definition) is 2. The van der Waals surface area contributed by atoms with Gasteiger partial charge in [0, 0.05) is 6.54 Å². The lowest BCUT2D eigenvalue weighted by atomic mass is 9.96. The molecule has 0 aromatic heterocycles. The van der Waals surface area contributed by atoms with E-state index in [0.29, 0.717) is 5.92 Å². The molecular weight excluding hydrogens is 238 g/mol. The molecule has 0 bridgehead atoms. The number of benzene rings is 1. The minimum absolute atomic E-state index is 0.617. The van der Waals surface area contributed by atoms with Crippen LogP contribution in [0.3, 0.4) is 0 Å². The van der Waals surface area contributed by atoms with E-state index in [4.69, 9.17) is 0 Å². The molecule has 0 fully saturated rings. The zero-order valence-electron chi connectivity index (χ0n) is 12.2. The van der Waals surface area contributed by atoms with Gasteiger partial charge in [0.05, 0.1) is 0 Å². The normalized spacial score (nSPS) is 11.5. The van der Waals surface area contributed by atoms with Crippen molar-refractivity contribution >= 4 is 12.6 Å². The summed E-state index contributed by atoms with van der Waals surface area (Å²) in [5, 5.41) is 0. The number of nitrogens with zero attached hydrogens (tertiary/aromatic N) is 1. The molecule has 1 aromatic rings. The highest BCUT2D eigenvalue weighted by atomic mass is 32.1. The van der Waals surface area contributed by atoms with Crippen molar-refractivity contribution in [1.82, 2.24) is 4.90 Å². The summed E-state index contributed by atoms with van der Waals surface area (Å²) < 4.78 is 0. The Balaban J connectivity index is 2.58. The molecule has 0 aliphatic rings. The Labute approximate surface area is 118 Å². The van der Waals surface area contributed by atoms with Crippen molar-refractivity contribution in [3.63, 3.8) is 0 Å². The van der Waals surface area contributed by atoms with Gasteiger partial charge in [0.15, 0.2) is 0 Å². The van der Waals surface area contributed by atoms with Crippen LogP contribution in [-0.4, -0.2) is 30.8 Å². The molecule has 0 aliphatic carbocycles. The minimum atomic E-state index is 0.617. The molecule has 18 heavy (non-hydrogen) atoms. The summed E-state index contributed by atoms with van der Waals surface area (Å²) in [4.78, 5) is 2.40. The summed E-state index contributed by atoms with van der Waals surface area (Å²) in [6.07, 6.45) is 2.32. The monoisotopic (exact) mass is 265 g/mol. The van der Waals surface area contributed by atoms with Crippen molar-refractivity contribution in [2.75, 3.05) is 25.9 Å². The Morgan fingerprint density at radius 3 is 2.56 bits per heavy atom. The lowest BCUT2D eigenvalue weighted by Crippen LogP contribution is -2.23. The Hall–Kier alpha value is -0.470. The maximum absolute atomic E-state index is 4.26. The van der Waals surface area contributed by atoms with Gasteiger partial charge in [-0.25, -0.2) is 0 Å². The Morgan fingerprint density at radius 1 is 1.22 bits per heavy atom. The molecule has 0 amide bonds. The lowest BCUT2D eigenvalue weighted by molar-refractivity contribution is 0.340. The van der Waals surface area contributed by atoms with E-state index in [9.17, 15) is 0 Å². The molecule has 102 valence electrons. The highest BCUT2D eigenvalue weighted by Crippen LogP contribution is 2.19. The average molecular weight is 265 g/mol. The van der Waals surface area contributed by atoms with Gasteiger partial charge in [-0.05, 0) is 61.7 Å². The molecular formula is C16H27NS. The number of hydrogen-bond donors (Lipinski definition) is 1. The van der Waals surface area contributed by atoms with Crippen LogP contribution in [0.15, 0.2) is 18.2 Å². The van der Waals surface area contributed by atoms with Gasteiger partial charge >= 0.3 is 0 Å². The Bertz CT molecular complexity index is 360. The van der Waals surface area contributed by atoms with E-state index in [1.54, 1.807) is 0 Å². The summed E-state index contributed by atoms with van der Waals surface area (Å²) in [5.74, 6) is 1.60. The highest BCUT2D eigenvalue weighted by Gasteiger charge is 2.05. The molecule has 1 aromatic carbocycles. The fourth-order valence-electron chi connectivity index (χ4n) is 2.08. The van der Waals surface area contributed by atoms with Gasteiger partial charge in [0.1, 0.15) is 0 Å². The third-order valence-corrected chi connectivity index (χ3v) is 3.82. The van der Waals surface area contributed by atoms with E-state index in [0.717, 1.165) is 25.3 Å². The van der Waals surface area contributed by atoms with Crippen LogP contribution in [0.25, 0.3) is 0 Å². The number of thiol groups is 1. The first kappa shape index (κ1) is 15.6. The van der Waals surface area contributed by atoms with Crippen LogP contribution in [0.2, 0.25) is 0 Å². The van der Waals surface area contributed by atoms with Crippen molar-refractivity contribution < 1.29 is 0 Å². The van der Waals surface area contributed by atoms with E-state index < -0.39 is 0 Å². The maximum atomic E-state index is 4.26. The summed E-state index contributed by atoms with van der Waals surface area (Å²) in [5.41, 5.74) is 4.37. The first-order valence-corrected chi connectivity index (χ1v) is 7.56. The molecule has 2 heteroatoms. The zero-order valence-corrected chi connectivity index (χ0v) is 13.1. The van der Waals surface area contributed by atoms with E-state index in [2.05, 4.69) is 63.5 Å². The third-order valence-electron chi connectivity index (χ3n) is 3.50. The van der Waals surface area contributed by atoms with E-state index in [-0.39, 0.29) is 0 Å². The molecule has 0 aliphatic heterocycles. The van der Waals surface area contributed by atoms with Crippen LogP contribution in [0.4, 0.5) is 0 Å². The summed E-state index contributed by atoms with van der Waals surface area (Å²) in [7, 11) is 2.20. The van der Waals surface area contributed by atoms with Crippen molar-refractivity contribution in [3.05, 3.63) is 34.9 Å². The molecule has 0 radical (unpaired) electrons. The molecule has 0 atom stereocenters.